The molecular weight excluding hydrogens is 300 g/mol. The van der Waals surface area contributed by atoms with Crippen LogP contribution in [0.15, 0.2) is 38.1 Å². The van der Waals surface area contributed by atoms with Crippen LogP contribution in [0.3, 0.4) is 0 Å². The summed E-state index contributed by atoms with van der Waals surface area (Å²) in [6.45, 7) is 0. The molecule has 66 valence electrons. The lowest BCUT2D eigenvalue weighted by Crippen LogP contribution is -1.80. The molecule has 1 heterocycles. The van der Waals surface area contributed by atoms with Crippen molar-refractivity contribution in [3.05, 3.63) is 33.5 Å². The molecule has 13 heavy (non-hydrogen) atoms. The van der Waals surface area contributed by atoms with Crippen molar-refractivity contribution in [1.82, 2.24) is 10.1 Å². The van der Waals surface area contributed by atoms with Gasteiger partial charge in [0.2, 0.25) is 5.82 Å². The van der Waals surface area contributed by atoms with E-state index in [2.05, 4.69) is 42.0 Å². The van der Waals surface area contributed by atoms with E-state index < -0.39 is 0 Å². The summed E-state index contributed by atoms with van der Waals surface area (Å²) in [6.07, 6.45) is 0. The van der Waals surface area contributed by atoms with E-state index in [4.69, 9.17) is 4.52 Å². The van der Waals surface area contributed by atoms with Crippen molar-refractivity contribution in [2.45, 2.75) is 0 Å². The van der Waals surface area contributed by atoms with Crippen molar-refractivity contribution in [2.24, 2.45) is 0 Å². The minimum atomic E-state index is 0.387. The Kier molecular flexibility index (Phi) is 2.46. The van der Waals surface area contributed by atoms with E-state index in [1.165, 1.54) is 0 Å². The average molecular weight is 304 g/mol. The molecular formula is C8H4Br2N2O. The van der Waals surface area contributed by atoms with E-state index in [1.54, 1.807) is 0 Å². The molecule has 3 nitrogen and oxygen atoms in total. The van der Waals surface area contributed by atoms with Crippen molar-refractivity contribution in [2.75, 3.05) is 0 Å². The number of benzene rings is 1. The Morgan fingerprint density at radius 2 is 1.92 bits per heavy atom. The molecule has 0 fully saturated rings. The van der Waals surface area contributed by atoms with E-state index in [0.717, 1.165) is 10.0 Å². The van der Waals surface area contributed by atoms with E-state index in [9.17, 15) is 0 Å². The molecule has 0 N–H and O–H groups in total. The fourth-order valence-electron chi connectivity index (χ4n) is 0.957. The highest BCUT2D eigenvalue weighted by Crippen LogP contribution is 2.25. The molecule has 0 aliphatic rings. The van der Waals surface area contributed by atoms with Gasteiger partial charge in [-0.3, -0.25) is 0 Å². The minimum absolute atomic E-state index is 0.387. The SMILES string of the molecule is Brc1nc(-c2ccccc2Br)no1. The van der Waals surface area contributed by atoms with Crippen LogP contribution in [0.1, 0.15) is 0 Å². The first kappa shape index (κ1) is 8.90. The zero-order valence-corrected chi connectivity index (χ0v) is 9.54. The lowest BCUT2D eigenvalue weighted by molar-refractivity contribution is 0.397. The lowest BCUT2D eigenvalue weighted by Gasteiger charge is -1.95. The topological polar surface area (TPSA) is 38.9 Å². The van der Waals surface area contributed by atoms with Gasteiger partial charge in [-0.2, -0.15) is 4.98 Å². The van der Waals surface area contributed by atoms with Gasteiger partial charge in [0.25, 0.3) is 4.80 Å². The highest BCUT2D eigenvalue weighted by Gasteiger charge is 2.08. The summed E-state index contributed by atoms with van der Waals surface area (Å²) in [4.78, 5) is 4.44. The van der Waals surface area contributed by atoms with E-state index in [0.29, 0.717) is 10.6 Å². The average Bonchev–Trinajstić information content (AvgIpc) is 2.53. The van der Waals surface area contributed by atoms with Gasteiger partial charge in [-0.25, -0.2) is 0 Å². The number of hydrogen-bond acceptors (Lipinski definition) is 3. The molecule has 2 aromatic rings. The van der Waals surface area contributed by atoms with Gasteiger partial charge in [-0.1, -0.05) is 33.2 Å². The zero-order valence-electron chi connectivity index (χ0n) is 6.37. The molecule has 0 spiro atoms. The summed E-state index contributed by atoms with van der Waals surface area (Å²) in [7, 11) is 0. The number of aromatic nitrogens is 2. The number of nitrogens with zero attached hydrogens (tertiary/aromatic N) is 2. The Hall–Kier alpha value is -0.680. The molecule has 0 unspecified atom stereocenters. The third kappa shape index (κ3) is 1.81. The summed E-state index contributed by atoms with van der Waals surface area (Å²) < 4.78 is 5.76. The third-order valence-corrected chi connectivity index (χ3v) is 2.53. The second-order valence-corrected chi connectivity index (χ2v) is 3.88. The Balaban J connectivity index is 2.52. The van der Waals surface area contributed by atoms with E-state index in [-0.39, 0.29) is 0 Å². The van der Waals surface area contributed by atoms with Gasteiger partial charge in [-0.05, 0) is 12.1 Å². The molecule has 0 saturated heterocycles. The van der Waals surface area contributed by atoms with Crippen LogP contribution in [0.2, 0.25) is 0 Å². The molecule has 2 rings (SSSR count). The normalized spacial score (nSPS) is 10.3. The van der Waals surface area contributed by atoms with Crippen LogP contribution in [-0.4, -0.2) is 10.1 Å². The van der Waals surface area contributed by atoms with Crippen LogP contribution in [0.5, 0.6) is 0 Å². The molecule has 0 saturated carbocycles. The highest BCUT2D eigenvalue weighted by molar-refractivity contribution is 9.10. The molecule has 1 aromatic carbocycles. The van der Waals surface area contributed by atoms with E-state index in [1.807, 2.05) is 24.3 Å². The molecule has 0 bridgehead atoms. The minimum Gasteiger partial charge on any atom is -0.326 e. The summed E-state index contributed by atoms with van der Waals surface area (Å²) in [5, 5.41) is 3.78. The Morgan fingerprint density at radius 3 is 2.54 bits per heavy atom. The Morgan fingerprint density at radius 1 is 1.15 bits per heavy atom. The Bertz CT molecular complexity index is 428. The van der Waals surface area contributed by atoms with Gasteiger partial charge < -0.3 is 4.52 Å². The second-order valence-electron chi connectivity index (χ2n) is 2.35. The molecule has 0 radical (unpaired) electrons. The van der Waals surface area contributed by atoms with Crippen LogP contribution in [0, 0.1) is 0 Å². The number of halogens is 2. The van der Waals surface area contributed by atoms with Crippen molar-refractivity contribution in [3.63, 3.8) is 0 Å². The van der Waals surface area contributed by atoms with Gasteiger partial charge in [0.1, 0.15) is 0 Å². The monoisotopic (exact) mass is 302 g/mol. The van der Waals surface area contributed by atoms with Crippen LogP contribution >= 0.6 is 31.9 Å². The van der Waals surface area contributed by atoms with Crippen molar-refractivity contribution in [1.29, 1.82) is 0 Å². The number of hydrogen-bond donors (Lipinski definition) is 0. The maximum atomic E-state index is 4.81. The van der Waals surface area contributed by atoms with Crippen LogP contribution in [-0.2, 0) is 0 Å². The molecule has 5 heteroatoms. The fraction of sp³-hybridized carbons (Fsp3) is 0. The second kappa shape index (κ2) is 3.59. The largest absolute Gasteiger partial charge is 0.326 e. The quantitative estimate of drug-likeness (QED) is 0.811. The molecule has 0 aliphatic heterocycles. The van der Waals surface area contributed by atoms with Gasteiger partial charge in [0.05, 0.1) is 0 Å². The zero-order chi connectivity index (χ0) is 9.26. The summed E-state index contributed by atoms with van der Waals surface area (Å²) in [5.41, 5.74) is 0.914. The van der Waals surface area contributed by atoms with Gasteiger partial charge in [0, 0.05) is 26.0 Å². The first-order valence-corrected chi connectivity index (χ1v) is 5.10. The van der Waals surface area contributed by atoms with Gasteiger partial charge in [0.15, 0.2) is 0 Å². The molecule has 0 aliphatic carbocycles. The van der Waals surface area contributed by atoms with Crippen molar-refractivity contribution >= 4 is 31.9 Å². The van der Waals surface area contributed by atoms with Gasteiger partial charge >= 0.3 is 0 Å². The molecule has 1 aromatic heterocycles. The van der Waals surface area contributed by atoms with E-state index >= 15 is 0 Å². The molecule has 0 amide bonds. The third-order valence-electron chi connectivity index (χ3n) is 1.52. The maximum Gasteiger partial charge on any atom is 0.294 e. The summed E-state index contributed by atoms with van der Waals surface area (Å²) >= 11 is 6.50. The lowest BCUT2D eigenvalue weighted by atomic mass is 10.2. The van der Waals surface area contributed by atoms with Crippen LogP contribution < -0.4 is 0 Å². The van der Waals surface area contributed by atoms with Crippen molar-refractivity contribution < 1.29 is 4.52 Å². The predicted octanol–water partition coefficient (Wildman–Crippen LogP) is 3.26. The van der Waals surface area contributed by atoms with Gasteiger partial charge in [-0.15, -0.1) is 0 Å². The predicted molar refractivity (Wildman–Crippen MR) is 55.1 cm³/mol. The fourth-order valence-corrected chi connectivity index (χ4v) is 1.66. The number of rotatable bonds is 1. The summed E-state index contributed by atoms with van der Waals surface area (Å²) in [6, 6.07) is 7.70. The summed E-state index contributed by atoms with van der Waals surface area (Å²) in [5.74, 6) is 0.569. The molecule has 0 atom stereocenters. The van der Waals surface area contributed by atoms with Crippen LogP contribution in [0.25, 0.3) is 11.4 Å². The first-order valence-electron chi connectivity index (χ1n) is 3.51. The standard InChI is InChI=1S/C8H4Br2N2O/c9-6-4-2-1-3-5(6)7-11-8(10)13-12-7/h1-4H. The van der Waals surface area contributed by atoms with Crippen LogP contribution in [0.4, 0.5) is 0 Å². The maximum absolute atomic E-state index is 4.81. The Labute approximate surface area is 91.4 Å². The highest BCUT2D eigenvalue weighted by atomic mass is 79.9. The first-order chi connectivity index (χ1) is 6.27. The smallest absolute Gasteiger partial charge is 0.294 e. The van der Waals surface area contributed by atoms with Crippen molar-refractivity contribution in [3.8, 4) is 11.4 Å².